The molecular formula is C17H18BrF5N2S2. The zero-order valence-corrected chi connectivity index (χ0v) is 17.3. The third kappa shape index (κ3) is 6.00. The van der Waals surface area contributed by atoms with Gasteiger partial charge < -0.3 is 5.32 Å². The van der Waals surface area contributed by atoms with Crippen molar-refractivity contribution in [1.82, 2.24) is 4.31 Å². The van der Waals surface area contributed by atoms with Gasteiger partial charge in [-0.25, -0.2) is 4.31 Å². The van der Waals surface area contributed by atoms with E-state index < -0.39 is 15.1 Å². The summed E-state index contributed by atoms with van der Waals surface area (Å²) >= 11 is 5.06. The van der Waals surface area contributed by atoms with Crippen molar-refractivity contribution in [3.63, 3.8) is 0 Å². The van der Waals surface area contributed by atoms with Gasteiger partial charge in [0.25, 0.3) is 0 Å². The molecule has 2 aromatic rings. The second-order valence-electron chi connectivity index (χ2n) is 6.39. The molecule has 150 valence electrons. The van der Waals surface area contributed by atoms with Gasteiger partial charge in [0.05, 0.1) is 0 Å². The smallest absolute Gasteiger partial charge is 0.310 e. The number of halogens is 6. The second-order valence-corrected chi connectivity index (χ2v) is 10.9. The Balaban J connectivity index is 1.53. The van der Waals surface area contributed by atoms with E-state index >= 15 is 0 Å². The largest absolute Gasteiger partial charge is 0.382 e. The van der Waals surface area contributed by atoms with Crippen LogP contribution in [0.15, 0.2) is 62.8 Å². The number of nitrogens with zero attached hydrogens (tertiary/aromatic N) is 1. The number of hydrogen-bond donors (Lipinski definition) is 1. The van der Waals surface area contributed by atoms with Gasteiger partial charge in [-0.1, -0.05) is 35.4 Å². The van der Waals surface area contributed by atoms with Crippen LogP contribution in [0.5, 0.6) is 0 Å². The highest BCUT2D eigenvalue weighted by atomic mass is 79.9. The van der Waals surface area contributed by atoms with Crippen molar-refractivity contribution in [3.8, 4) is 0 Å². The molecular weight excluding hydrogens is 471 g/mol. The molecule has 1 N–H and O–H groups in total. The Labute approximate surface area is 167 Å². The first-order valence-electron chi connectivity index (χ1n) is 8.18. The van der Waals surface area contributed by atoms with Crippen molar-refractivity contribution in [2.24, 2.45) is 0 Å². The molecule has 2 aromatic carbocycles. The summed E-state index contributed by atoms with van der Waals surface area (Å²) in [4.78, 5) is -0.725. The molecule has 1 aliphatic heterocycles. The first kappa shape index (κ1) is 20.8. The van der Waals surface area contributed by atoms with Crippen molar-refractivity contribution in [3.05, 3.63) is 53.0 Å². The van der Waals surface area contributed by atoms with Crippen LogP contribution in [-0.2, 0) is 0 Å². The number of benzene rings is 2. The van der Waals surface area contributed by atoms with Gasteiger partial charge in [0.2, 0.25) is 0 Å². The van der Waals surface area contributed by atoms with E-state index in [4.69, 9.17) is 0 Å². The normalized spacial score (nSPS) is 19.3. The van der Waals surface area contributed by atoms with Crippen LogP contribution in [0.3, 0.4) is 0 Å². The summed E-state index contributed by atoms with van der Waals surface area (Å²) in [6.07, 6.45) is 1.62. The fraction of sp³-hybridized carbons (Fsp3) is 0.294. The first-order chi connectivity index (χ1) is 12.4. The maximum Gasteiger partial charge on any atom is 0.310 e. The van der Waals surface area contributed by atoms with Gasteiger partial charge in [-0.3, -0.25) is 0 Å². The van der Waals surface area contributed by atoms with Gasteiger partial charge in [-0.05, 0) is 73.3 Å². The lowest BCUT2D eigenvalue weighted by Gasteiger charge is -2.40. The van der Waals surface area contributed by atoms with E-state index in [1.54, 1.807) is 11.9 Å². The molecule has 0 amide bonds. The Kier molecular flexibility index (Phi) is 5.24. The van der Waals surface area contributed by atoms with E-state index in [0.29, 0.717) is 17.8 Å². The molecule has 1 fully saturated rings. The fourth-order valence-electron chi connectivity index (χ4n) is 2.78. The summed E-state index contributed by atoms with van der Waals surface area (Å²) in [5.41, 5.74) is 0.416. The average molecular weight is 489 g/mol. The minimum Gasteiger partial charge on any atom is -0.382 e. The SMILES string of the molecule is FS(F)(F)(F)(F)c1ccc(NC2CCN(Sc3ccc(Br)cc3)CC2)cc1. The Morgan fingerprint density at radius 3 is 1.96 bits per heavy atom. The summed E-state index contributed by atoms with van der Waals surface area (Å²) in [5.74, 6) is 0. The predicted molar refractivity (Wildman–Crippen MR) is 106 cm³/mol. The highest BCUT2D eigenvalue weighted by Gasteiger charge is 2.65. The highest BCUT2D eigenvalue weighted by molar-refractivity contribution is 9.10. The second kappa shape index (κ2) is 6.82. The number of piperidine rings is 1. The number of rotatable bonds is 5. The van der Waals surface area contributed by atoms with Crippen LogP contribution in [0, 0.1) is 0 Å². The minimum atomic E-state index is -9.61. The Hall–Kier alpha value is -0.970. The predicted octanol–water partition coefficient (Wildman–Crippen LogP) is 7.69. The van der Waals surface area contributed by atoms with Crippen LogP contribution in [0.25, 0.3) is 0 Å². The van der Waals surface area contributed by atoms with Gasteiger partial charge >= 0.3 is 10.2 Å². The monoisotopic (exact) mass is 488 g/mol. The molecule has 3 rings (SSSR count). The van der Waals surface area contributed by atoms with E-state index in [0.717, 1.165) is 47.4 Å². The van der Waals surface area contributed by atoms with Crippen LogP contribution in [0.1, 0.15) is 12.8 Å². The molecule has 0 atom stereocenters. The summed E-state index contributed by atoms with van der Waals surface area (Å²) in [6, 6.07) is 11.1. The summed E-state index contributed by atoms with van der Waals surface area (Å²) < 4.78 is 67.0. The molecule has 0 radical (unpaired) electrons. The van der Waals surface area contributed by atoms with Crippen molar-refractivity contribution >= 4 is 43.8 Å². The lowest BCUT2D eigenvalue weighted by molar-refractivity contribution is 0.358. The average Bonchev–Trinajstić information content (AvgIpc) is 2.57. The molecule has 0 unspecified atom stereocenters. The van der Waals surface area contributed by atoms with Gasteiger partial charge in [0, 0.05) is 34.2 Å². The van der Waals surface area contributed by atoms with E-state index in [9.17, 15) is 19.4 Å². The standard InChI is InChI=1S/C17H18BrF5N2S2/c18-13-1-5-16(6-2-13)26-25-11-9-15(10-12-25)24-14-3-7-17(8-4-14)27(19,20,21,22)23/h1-8,15,24H,9-12H2. The van der Waals surface area contributed by atoms with Crippen LogP contribution in [-0.4, -0.2) is 23.4 Å². The topological polar surface area (TPSA) is 15.3 Å². The van der Waals surface area contributed by atoms with Crippen LogP contribution >= 0.6 is 38.1 Å². The van der Waals surface area contributed by atoms with Crippen molar-refractivity contribution < 1.29 is 19.4 Å². The molecule has 10 heteroatoms. The maximum absolute atomic E-state index is 12.8. The molecule has 1 aliphatic rings. The Morgan fingerprint density at radius 2 is 1.44 bits per heavy atom. The minimum absolute atomic E-state index is 0.0950. The molecule has 1 saturated heterocycles. The first-order valence-corrected chi connectivity index (χ1v) is 11.7. The van der Waals surface area contributed by atoms with Crippen molar-refractivity contribution in [2.45, 2.75) is 28.7 Å². The molecule has 0 spiro atoms. The number of anilines is 1. The fourth-order valence-corrected chi connectivity index (χ4v) is 4.64. The Bertz CT molecular complexity index is 789. The maximum atomic E-state index is 12.8. The third-order valence-electron chi connectivity index (χ3n) is 4.17. The van der Waals surface area contributed by atoms with Crippen LogP contribution in [0.4, 0.5) is 25.1 Å². The van der Waals surface area contributed by atoms with Crippen LogP contribution < -0.4 is 5.32 Å². The zero-order chi connectivity index (χ0) is 19.8. The summed E-state index contributed by atoms with van der Waals surface area (Å²) in [5, 5.41) is 3.14. The lowest BCUT2D eigenvalue weighted by atomic mass is 10.1. The van der Waals surface area contributed by atoms with Crippen molar-refractivity contribution in [1.29, 1.82) is 0 Å². The molecule has 0 bridgehead atoms. The summed E-state index contributed by atoms with van der Waals surface area (Å²) in [6.45, 7) is 1.64. The van der Waals surface area contributed by atoms with E-state index in [2.05, 4.69) is 25.6 Å². The molecule has 27 heavy (non-hydrogen) atoms. The third-order valence-corrected chi connectivity index (χ3v) is 6.97. The molecule has 1 heterocycles. The molecule has 0 saturated carbocycles. The molecule has 0 aliphatic carbocycles. The highest BCUT2D eigenvalue weighted by Crippen LogP contribution is 3.02. The van der Waals surface area contributed by atoms with E-state index in [-0.39, 0.29) is 6.04 Å². The molecule has 2 nitrogen and oxygen atoms in total. The van der Waals surface area contributed by atoms with Crippen molar-refractivity contribution in [2.75, 3.05) is 18.4 Å². The summed E-state index contributed by atoms with van der Waals surface area (Å²) in [7, 11) is -9.61. The van der Waals surface area contributed by atoms with Gasteiger partial charge in [0.1, 0.15) is 4.90 Å². The van der Waals surface area contributed by atoms with Crippen LogP contribution in [0.2, 0.25) is 0 Å². The number of hydrogen-bond acceptors (Lipinski definition) is 3. The Morgan fingerprint density at radius 1 is 0.889 bits per heavy atom. The van der Waals surface area contributed by atoms with Gasteiger partial charge in [-0.2, -0.15) is 0 Å². The molecule has 0 aromatic heterocycles. The zero-order valence-electron chi connectivity index (χ0n) is 14.1. The number of nitrogens with one attached hydrogen (secondary N) is 1. The van der Waals surface area contributed by atoms with Gasteiger partial charge in [0.15, 0.2) is 0 Å². The lowest BCUT2D eigenvalue weighted by Crippen LogP contribution is -2.35. The quantitative estimate of drug-likeness (QED) is 0.343. The van der Waals surface area contributed by atoms with E-state index in [1.165, 1.54) is 0 Å². The van der Waals surface area contributed by atoms with E-state index in [1.807, 2.05) is 24.3 Å². The van der Waals surface area contributed by atoms with Gasteiger partial charge in [-0.15, -0.1) is 0 Å².